The Morgan fingerprint density at radius 1 is 0.420 bits per heavy atom. The smallest absolute Gasteiger partial charge is 0.0973 e. The van der Waals surface area contributed by atoms with E-state index in [-0.39, 0.29) is 0 Å². The van der Waals surface area contributed by atoms with Gasteiger partial charge in [0.1, 0.15) is 0 Å². The Labute approximate surface area is 291 Å². The Morgan fingerprint density at radius 3 is 1.80 bits per heavy atom. The molecular weight excluding hydrogens is 627 g/mol. The van der Waals surface area contributed by atoms with Gasteiger partial charge < -0.3 is 4.57 Å². The molecule has 0 aliphatic heterocycles. The Kier molecular flexibility index (Phi) is 5.83. The van der Waals surface area contributed by atoms with Crippen molar-refractivity contribution >= 4 is 85.9 Å². The summed E-state index contributed by atoms with van der Waals surface area (Å²) in [7, 11) is 0. The normalized spacial score (nSPS) is 12.0. The van der Waals surface area contributed by atoms with Crippen molar-refractivity contribution in [2.75, 3.05) is 0 Å². The van der Waals surface area contributed by atoms with Crippen LogP contribution in [0.5, 0.6) is 0 Å². The summed E-state index contributed by atoms with van der Waals surface area (Å²) in [4.78, 5) is 10.3. The van der Waals surface area contributed by atoms with Crippen LogP contribution in [0.2, 0.25) is 0 Å². The molecule has 3 aromatic heterocycles. The maximum absolute atomic E-state index is 5.16. The van der Waals surface area contributed by atoms with Crippen LogP contribution in [0.3, 0.4) is 0 Å². The van der Waals surface area contributed by atoms with Gasteiger partial charge in [0, 0.05) is 53.1 Å². The van der Waals surface area contributed by atoms with Gasteiger partial charge in [-0.1, -0.05) is 121 Å². The van der Waals surface area contributed by atoms with Gasteiger partial charge in [0.25, 0.3) is 0 Å². The standard InChI is InChI=1S/C46H27N3S/c1-2-12-30(13-3-1)44-45(48-39-17-9-8-16-38(39)47-44)31-18-22-32(23-19-31)49-40-27-42-37(43-33-14-6-4-10-28(33)21-25-41(43)50-42)26-36(40)35-24-20-29-11-5-7-15-34(29)46(35)49/h1-27H. The van der Waals surface area contributed by atoms with Crippen molar-refractivity contribution < 1.29 is 0 Å². The Balaban J connectivity index is 1.17. The second-order valence-electron chi connectivity index (χ2n) is 13.0. The van der Waals surface area contributed by atoms with E-state index < -0.39 is 0 Å². The third-order valence-corrected chi connectivity index (χ3v) is 11.3. The monoisotopic (exact) mass is 653 g/mol. The van der Waals surface area contributed by atoms with E-state index in [0.717, 1.165) is 39.2 Å². The van der Waals surface area contributed by atoms with Gasteiger partial charge in [-0.3, -0.25) is 0 Å². The highest BCUT2D eigenvalue weighted by Crippen LogP contribution is 2.44. The molecular formula is C46H27N3S. The first-order chi connectivity index (χ1) is 24.8. The molecule has 0 aliphatic rings. The largest absolute Gasteiger partial charge is 0.309 e. The maximum atomic E-state index is 5.16. The van der Waals surface area contributed by atoms with Crippen molar-refractivity contribution in [1.29, 1.82) is 0 Å². The van der Waals surface area contributed by atoms with Crippen LogP contribution in [-0.2, 0) is 0 Å². The van der Waals surface area contributed by atoms with E-state index in [0.29, 0.717) is 0 Å². The lowest BCUT2D eigenvalue weighted by atomic mass is 10.0. The zero-order valence-electron chi connectivity index (χ0n) is 26.8. The molecule has 3 nitrogen and oxygen atoms in total. The van der Waals surface area contributed by atoms with Gasteiger partial charge in [0.15, 0.2) is 0 Å². The van der Waals surface area contributed by atoms with Crippen molar-refractivity contribution in [2.45, 2.75) is 0 Å². The summed E-state index contributed by atoms with van der Waals surface area (Å²) < 4.78 is 5.08. The van der Waals surface area contributed by atoms with Gasteiger partial charge in [-0.05, 0) is 58.6 Å². The van der Waals surface area contributed by atoms with Crippen LogP contribution < -0.4 is 0 Å². The van der Waals surface area contributed by atoms with E-state index in [1.54, 1.807) is 0 Å². The van der Waals surface area contributed by atoms with Crippen LogP contribution in [0.4, 0.5) is 0 Å². The summed E-state index contributed by atoms with van der Waals surface area (Å²) >= 11 is 1.88. The molecule has 0 spiro atoms. The lowest BCUT2D eigenvalue weighted by Crippen LogP contribution is -1.97. The van der Waals surface area contributed by atoms with E-state index in [1.165, 1.54) is 63.5 Å². The van der Waals surface area contributed by atoms with E-state index >= 15 is 0 Å². The van der Waals surface area contributed by atoms with Crippen molar-refractivity contribution in [3.05, 3.63) is 164 Å². The third-order valence-electron chi connectivity index (χ3n) is 10.1. The number of thiophene rings is 1. The average Bonchev–Trinajstić information content (AvgIpc) is 3.72. The van der Waals surface area contributed by atoms with Crippen LogP contribution in [0.15, 0.2) is 164 Å². The highest BCUT2D eigenvalue weighted by molar-refractivity contribution is 7.26. The molecule has 0 radical (unpaired) electrons. The number of hydrogen-bond donors (Lipinski definition) is 0. The quantitative estimate of drug-likeness (QED) is 0.190. The fourth-order valence-electron chi connectivity index (χ4n) is 7.85. The Bertz CT molecular complexity index is 3140. The zero-order chi connectivity index (χ0) is 32.8. The van der Waals surface area contributed by atoms with Crippen LogP contribution >= 0.6 is 11.3 Å². The maximum Gasteiger partial charge on any atom is 0.0973 e. The highest BCUT2D eigenvalue weighted by Gasteiger charge is 2.19. The SMILES string of the molecule is c1ccc(-c2nc3ccccc3nc2-c2ccc(-n3c4cc5sc6ccc7ccccc7c6c5cc4c4ccc5ccccc5c43)cc2)cc1. The first-order valence-electron chi connectivity index (χ1n) is 16.9. The lowest BCUT2D eigenvalue weighted by Gasteiger charge is -2.13. The van der Waals surface area contributed by atoms with Gasteiger partial charge in [-0.25, -0.2) is 9.97 Å². The van der Waals surface area contributed by atoms with Gasteiger partial charge in [-0.2, -0.15) is 0 Å². The first kappa shape index (κ1) is 27.6. The molecule has 4 heteroatoms. The molecule has 0 N–H and O–H groups in total. The van der Waals surface area contributed by atoms with Crippen LogP contribution in [-0.4, -0.2) is 14.5 Å². The Morgan fingerprint density at radius 2 is 1.04 bits per heavy atom. The summed E-state index contributed by atoms with van der Waals surface area (Å²) in [5.41, 5.74) is 9.20. The molecule has 11 aromatic rings. The second-order valence-corrected chi connectivity index (χ2v) is 14.1. The minimum atomic E-state index is 0.883. The number of rotatable bonds is 3. The van der Waals surface area contributed by atoms with E-state index in [4.69, 9.17) is 9.97 Å². The van der Waals surface area contributed by atoms with Crippen LogP contribution in [0, 0.1) is 0 Å². The molecule has 0 aliphatic carbocycles. The molecule has 232 valence electrons. The van der Waals surface area contributed by atoms with Crippen molar-refractivity contribution in [3.8, 4) is 28.2 Å². The summed E-state index contributed by atoms with van der Waals surface area (Å²) in [6.45, 7) is 0. The first-order valence-corrected chi connectivity index (χ1v) is 17.7. The minimum absolute atomic E-state index is 0.883. The predicted molar refractivity (Wildman–Crippen MR) is 213 cm³/mol. The minimum Gasteiger partial charge on any atom is -0.309 e. The number of para-hydroxylation sites is 2. The van der Waals surface area contributed by atoms with Gasteiger partial charge in [0.05, 0.1) is 33.5 Å². The number of fused-ring (bicyclic) bond motifs is 11. The molecule has 0 saturated heterocycles. The topological polar surface area (TPSA) is 30.7 Å². The number of aromatic nitrogens is 3. The lowest BCUT2D eigenvalue weighted by molar-refractivity contribution is 1.19. The fraction of sp³-hybridized carbons (Fsp3) is 0. The molecule has 50 heavy (non-hydrogen) atoms. The second kappa shape index (κ2) is 10.6. The molecule has 0 fully saturated rings. The molecule has 0 unspecified atom stereocenters. The molecule has 0 atom stereocenters. The summed E-state index contributed by atoms with van der Waals surface area (Å²) in [5.74, 6) is 0. The third kappa shape index (κ3) is 4.03. The average molecular weight is 654 g/mol. The number of benzene rings is 8. The van der Waals surface area contributed by atoms with Crippen molar-refractivity contribution in [1.82, 2.24) is 14.5 Å². The van der Waals surface area contributed by atoms with Crippen molar-refractivity contribution in [2.24, 2.45) is 0 Å². The zero-order valence-corrected chi connectivity index (χ0v) is 27.7. The molecule has 3 heterocycles. The van der Waals surface area contributed by atoms with Crippen molar-refractivity contribution in [3.63, 3.8) is 0 Å². The summed E-state index contributed by atoms with van der Waals surface area (Å²) in [6, 6.07) is 58.8. The fourth-order valence-corrected chi connectivity index (χ4v) is 8.99. The van der Waals surface area contributed by atoms with E-state index in [2.05, 4.69) is 138 Å². The Hall–Kier alpha value is -6.36. The highest BCUT2D eigenvalue weighted by atomic mass is 32.1. The molecule has 0 amide bonds. The molecule has 0 bridgehead atoms. The number of nitrogens with zero attached hydrogens (tertiary/aromatic N) is 3. The van der Waals surface area contributed by atoms with Gasteiger partial charge in [-0.15, -0.1) is 11.3 Å². The predicted octanol–water partition coefficient (Wildman–Crippen LogP) is 12.7. The van der Waals surface area contributed by atoms with E-state index in [9.17, 15) is 0 Å². The van der Waals surface area contributed by atoms with Crippen LogP contribution in [0.1, 0.15) is 0 Å². The summed E-state index contributed by atoms with van der Waals surface area (Å²) in [5, 5.41) is 10.3. The van der Waals surface area contributed by atoms with Gasteiger partial charge >= 0.3 is 0 Å². The van der Waals surface area contributed by atoms with Gasteiger partial charge in [0.2, 0.25) is 0 Å². The molecule has 8 aromatic carbocycles. The van der Waals surface area contributed by atoms with E-state index in [1.807, 2.05) is 41.7 Å². The van der Waals surface area contributed by atoms with Crippen LogP contribution in [0.25, 0.3) is 103 Å². The molecule has 0 saturated carbocycles. The molecule has 11 rings (SSSR count). The number of hydrogen-bond acceptors (Lipinski definition) is 3. The summed E-state index contributed by atoms with van der Waals surface area (Å²) in [6.07, 6.45) is 0.